The first-order chi connectivity index (χ1) is 36.3. The van der Waals surface area contributed by atoms with Gasteiger partial charge in [0.1, 0.15) is 35.6 Å². The van der Waals surface area contributed by atoms with Gasteiger partial charge in [-0.3, -0.25) is 0 Å². The highest BCUT2D eigenvalue weighted by molar-refractivity contribution is 6.87. The van der Waals surface area contributed by atoms with E-state index in [-0.39, 0.29) is 47.5 Å². The normalized spacial score (nSPS) is 17.4. The number of nitrogens with one attached hydrogen (secondary N) is 3. The fourth-order valence-electron chi connectivity index (χ4n) is 10.5. The van der Waals surface area contributed by atoms with E-state index in [2.05, 4.69) is 61.8 Å². The Labute approximate surface area is 454 Å². The third-order valence-corrected chi connectivity index (χ3v) is 23.5. The van der Waals surface area contributed by atoms with E-state index >= 15 is 0 Å². The number of rotatable bonds is 23. The number of nitrogens with zero attached hydrogens (tertiary/aromatic N) is 3. The molecule has 4 aliphatic carbocycles. The van der Waals surface area contributed by atoms with E-state index in [1.54, 1.807) is 12.2 Å². The lowest BCUT2D eigenvalue weighted by Crippen LogP contribution is -2.52. The Hall–Kier alpha value is -5.22. The van der Waals surface area contributed by atoms with Gasteiger partial charge in [-0.15, -0.1) is 0 Å². The van der Waals surface area contributed by atoms with Gasteiger partial charge in [0, 0.05) is 17.9 Å². The summed E-state index contributed by atoms with van der Waals surface area (Å²) in [6, 6.07) is 15.3. The second-order valence-electron chi connectivity index (χ2n) is 23.2. The van der Waals surface area contributed by atoms with Gasteiger partial charge in [-0.25, -0.2) is 19.2 Å². The third-order valence-electron chi connectivity index (χ3n) is 13.9. The largest absolute Gasteiger partial charge is 0.459 e. The van der Waals surface area contributed by atoms with Crippen molar-refractivity contribution in [2.24, 2.45) is 0 Å². The number of hydrogen-bond donors (Lipinski definition) is 3. The summed E-state index contributed by atoms with van der Waals surface area (Å²) in [5.41, 5.74) is 2.34. The maximum Gasteiger partial charge on any atom is 0.345 e. The Morgan fingerprint density at radius 3 is 1.07 bits per heavy atom. The monoisotopic (exact) mass is 1100 g/mol. The highest BCUT2D eigenvalue weighted by Crippen LogP contribution is 2.30. The molecule has 0 atom stereocenters. The van der Waals surface area contributed by atoms with Crippen LogP contribution in [0.25, 0.3) is 12.2 Å². The van der Waals surface area contributed by atoms with Gasteiger partial charge in [-0.2, -0.15) is 15.0 Å². The van der Waals surface area contributed by atoms with E-state index in [1.165, 1.54) is 0 Å². The average molecular weight is 1100 g/mol. The van der Waals surface area contributed by atoms with E-state index in [0.717, 1.165) is 141 Å². The van der Waals surface area contributed by atoms with E-state index in [4.69, 9.17) is 42.1 Å². The zero-order valence-corrected chi connectivity index (χ0v) is 49.3. The average Bonchev–Trinajstić information content (AvgIpc) is 3.37. The highest BCUT2D eigenvalue weighted by Gasteiger charge is 2.40. The van der Waals surface area contributed by atoms with E-state index in [0.29, 0.717) is 35.0 Å². The van der Waals surface area contributed by atoms with E-state index in [1.807, 2.05) is 48.5 Å². The molecule has 76 heavy (non-hydrogen) atoms. The van der Waals surface area contributed by atoms with Gasteiger partial charge in [0.2, 0.25) is 17.8 Å². The molecule has 1 aromatic heterocycles. The quantitative estimate of drug-likeness (QED) is 0.0154. The lowest BCUT2D eigenvalue weighted by Gasteiger charge is -2.38. The van der Waals surface area contributed by atoms with Crippen LogP contribution in [0.2, 0.25) is 51.9 Å². The van der Waals surface area contributed by atoms with Gasteiger partial charge in [0.15, 0.2) is 16.6 Å². The SMILES string of the molecule is C[Si](C)(C)O[Si](C)(CCCNc1nc(Nc2ccc(C=C(C(=O)OC3CCCCC3)C(=O)OC3CCCCC3)cc2)nc(Nc2ccc(C=C(C(=O)OC3CCCCC3)C(=O)OC3CCCCC3)cc2)n1)O[Si](C)(C)C. The van der Waals surface area contributed by atoms with Gasteiger partial charge in [-0.1, -0.05) is 49.9 Å². The first-order valence-electron chi connectivity index (χ1n) is 28.3. The number of hydrogen-bond acceptors (Lipinski definition) is 16. The van der Waals surface area contributed by atoms with Crippen LogP contribution in [-0.2, 0) is 46.4 Å². The van der Waals surface area contributed by atoms with Crippen molar-refractivity contribution in [2.45, 2.75) is 211 Å². The minimum absolute atomic E-state index is 0.110. The summed E-state index contributed by atoms with van der Waals surface area (Å²) in [5.74, 6) is -1.75. The second-order valence-corrected chi connectivity index (χ2v) is 36.0. The summed E-state index contributed by atoms with van der Waals surface area (Å²) in [6.45, 7) is 15.9. The molecule has 4 fully saturated rings. The molecule has 3 N–H and O–H groups in total. The van der Waals surface area contributed by atoms with Crippen LogP contribution in [0.3, 0.4) is 0 Å². The van der Waals surface area contributed by atoms with Gasteiger partial charge in [0.05, 0.1) is 0 Å². The van der Waals surface area contributed by atoms with Gasteiger partial charge < -0.3 is 43.1 Å². The number of esters is 4. The maximum atomic E-state index is 13.6. The van der Waals surface area contributed by atoms with Gasteiger partial charge >= 0.3 is 32.4 Å². The van der Waals surface area contributed by atoms with Crippen LogP contribution in [0.4, 0.5) is 29.2 Å². The molecule has 0 bridgehead atoms. The summed E-state index contributed by atoms with van der Waals surface area (Å²) in [5, 5.41) is 10.0. The Balaban J connectivity index is 1.10. The zero-order valence-electron chi connectivity index (χ0n) is 46.3. The Bertz CT molecular complexity index is 2230. The molecular formula is C57H84N6O10Si3. The van der Waals surface area contributed by atoms with Crippen molar-refractivity contribution in [3.8, 4) is 0 Å². The topological polar surface area (TPSA) is 198 Å². The predicted octanol–water partition coefficient (Wildman–Crippen LogP) is 13.2. The van der Waals surface area contributed by atoms with Gasteiger partial charge in [0.25, 0.3) is 0 Å². The Morgan fingerprint density at radius 2 is 0.763 bits per heavy atom. The van der Waals surface area contributed by atoms with Crippen LogP contribution in [-0.4, -0.2) is 95.0 Å². The first kappa shape index (κ1) is 58.5. The van der Waals surface area contributed by atoms with Crippen molar-refractivity contribution >= 4 is 90.4 Å². The van der Waals surface area contributed by atoms with Crippen LogP contribution in [0.5, 0.6) is 0 Å². The van der Waals surface area contributed by atoms with Crippen LogP contribution in [0.15, 0.2) is 59.7 Å². The van der Waals surface area contributed by atoms with Crippen molar-refractivity contribution in [3.63, 3.8) is 0 Å². The smallest absolute Gasteiger partial charge is 0.345 e. The number of ether oxygens (including phenoxy) is 4. The first-order valence-corrected chi connectivity index (χ1v) is 37.6. The molecule has 414 valence electrons. The van der Waals surface area contributed by atoms with Crippen molar-refractivity contribution < 1.29 is 46.4 Å². The molecule has 0 spiro atoms. The molecular weight excluding hydrogens is 1010 g/mol. The van der Waals surface area contributed by atoms with Crippen LogP contribution in [0.1, 0.15) is 146 Å². The molecule has 19 heteroatoms. The molecule has 0 unspecified atom stereocenters. The molecule has 1 heterocycles. The number of anilines is 5. The molecule has 7 rings (SSSR count). The maximum absolute atomic E-state index is 13.6. The van der Waals surface area contributed by atoms with Crippen molar-refractivity contribution in [2.75, 3.05) is 22.5 Å². The lowest BCUT2D eigenvalue weighted by atomic mass is 9.97. The number of aromatic nitrogens is 3. The highest BCUT2D eigenvalue weighted by atomic mass is 28.5. The summed E-state index contributed by atoms with van der Waals surface area (Å²) >= 11 is 0. The van der Waals surface area contributed by atoms with Crippen LogP contribution < -0.4 is 16.0 Å². The second kappa shape index (κ2) is 27.9. The predicted molar refractivity (Wildman–Crippen MR) is 305 cm³/mol. The van der Waals surface area contributed by atoms with Gasteiger partial charge in [-0.05, 0) is 209 Å². The van der Waals surface area contributed by atoms with Crippen LogP contribution >= 0.6 is 0 Å². The summed E-state index contributed by atoms with van der Waals surface area (Å²) in [7, 11) is -6.25. The van der Waals surface area contributed by atoms with E-state index < -0.39 is 49.1 Å². The van der Waals surface area contributed by atoms with E-state index in [9.17, 15) is 19.2 Å². The fourth-order valence-corrected chi connectivity index (χ4v) is 23.0. The zero-order chi connectivity index (χ0) is 54.1. The molecule has 2 aromatic carbocycles. The Morgan fingerprint density at radius 1 is 0.461 bits per heavy atom. The number of carbonyl (C=O) groups excluding carboxylic acids is 4. The standard InChI is InChI=1S/C57H84N6O10Si3/c1-74(2,3)72-76(7,73-75(4,5)6)38-20-37-58-55-61-56(59-43-33-29-41(30-34-43)39-49(51(64)68-45-21-12-8-13-22-45)52(65)69-46-23-14-9-15-24-46)63-57(62-55)60-44-35-31-42(32-36-44)40-50(53(66)70-47-25-16-10-17-26-47)54(67)71-48-27-18-11-19-28-48/h29-36,39-40,45-48H,8-28,37-38H2,1-7H3,(H3,58,59,60,61,62,63). The fraction of sp³-hybridized carbons (Fsp3) is 0.596. The summed E-state index contributed by atoms with van der Waals surface area (Å²) in [4.78, 5) is 68.7. The lowest BCUT2D eigenvalue weighted by molar-refractivity contribution is -0.155. The molecule has 3 aromatic rings. The Kier molecular flexibility index (Phi) is 21.5. The third kappa shape index (κ3) is 19.7. The minimum atomic E-state index is -2.49. The molecule has 0 saturated heterocycles. The van der Waals surface area contributed by atoms with Crippen molar-refractivity contribution in [1.29, 1.82) is 0 Å². The summed E-state index contributed by atoms with van der Waals surface area (Å²) in [6.07, 6.45) is 21.7. The van der Waals surface area contributed by atoms with Crippen molar-refractivity contribution in [3.05, 3.63) is 70.8 Å². The van der Waals surface area contributed by atoms with Crippen molar-refractivity contribution in [1.82, 2.24) is 15.0 Å². The molecule has 4 saturated carbocycles. The molecule has 16 nitrogen and oxygen atoms in total. The van der Waals surface area contributed by atoms with Crippen LogP contribution in [0, 0.1) is 0 Å². The number of benzene rings is 2. The molecule has 0 aliphatic heterocycles. The molecule has 0 amide bonds. The molecule has 4 aliphatic rings. The number of carbonyl (C=O) groups is 4. The summed E-state index contributed by atoms with van der Waals surface area (Å²) < 4.78 is 37.0. The minimum Gasteiger partial charge on any atom is -0.459 e. The molecule has 0 radical (unpaired) electrons.